The molecule has 2 heterocycles. The standard InChI is InChI=1S/C13H18N4S/c1-9(2)6-14-7-11-8-16-13(18-11)12-4-5-15-10(3)17-12/h4-5,8-9,14H,6-7H2,1-3H3. The molecule has 0 saturated heterocycles. The highest BCUT2D eigenvalue weighted by Gasteiger charge is 2.06. The van der Waals surface area contributed by atoms with Gasteiger partial charge in [0.15, 0.2) is 0 Å². The summed E-state index contributed by atoms with van der Waals surface area (Å²) in [5.74, 6) is 1.45. The van der Waals surface area contributed by atoms with Gasteiger partial charge in [-0.15, -0.1) is 11.3 Å². The number of nitrogens with one attached hydrogen (secondary N) is 1. The molecule has 5 heteroatoms. The molecule has 1 N–H and O–H groups in total. The van der Waals surface area contributed by atoms with Gasteiger partial charge >= 0.3 is 0 Å². The number of aromatic nitrogens is 3. The molecule has 0 aliphatic carbocycles. The molecule has 0 saturated carbocycles. The summed E-state index contributed by atoms with van der Waals surface area (Å²) in [7, 11) is 0. The van der Waals surface area contributed by atoms with Crippen LogP contribution in [0.4, 0.5) is 0 Å². The van der Waals surface area contributed by atoms with Gasteiger partial charge in [-0.05, 0) is 25.5 Å². The molecule has 0 radical (unpaired) electrons. The zero-order chi connectivity index (χ0) is 13.0. The van der Waals surface area contributed by atoms with E-state index in [1.807, 2.05) is 19.2 Å². The first-order chi connectivity index (χ1) is 8.65. The minimum Gasteiger partial charge on any atom is -0.312 e. The van der Waals surface area contributed by atoms with Crippen molar-refractivity contribution in [2.75, 3.05) is 6.54 Å². The van der Waals surface area contributed by atoms with E-state index in [-0.39, 0.29) is 0 Å². The van der Waals surface area contributed by atoms with Crippen LogP contribution in [0.25, 0.3) is 10.7 Å². The van der Waals surface area contributed by atoms with E-state index in [9.17, 15) is 0 Å². The van der Waals surface area contributed by atoms with Crippen molar-refractivity contribution in [3.05, 3.63) is 29.2 Å². The molecule has 0 aliphatic heterocycles. The second-order valence-corrected chi connectivity index (χ2v) is 5.76. The molecule has 0 bridgehead atoms. The average Bonchev–Trinajstić information content (AvgIpc) is 2.77. The molecule has 18 heavy (non-hydrogen) atoms. The second-order valence-electron chi connectivity index (χ2n) is 4.65. The Balaban J connectivity index is 2.02. The van der Waals surface area contributed by atoms with Gasteiger partial charge < -0.3 is 5.32 Å². The fraction of sp³-hybridized carbons (Fsp3) is 0.462. The van der Waals surface area contributed by atoms with Gasteiger partial charge in [-0.2, -0.15) is 0 Å². The summed E-state index contributed by atoms with van der Waals surface area (Å²) in [4.78, 5) is 14.1. The zero-order valence-corrected chi connectivity index (χ0v) is 11.8. The first-order valence-electron chi connectivity index (χ1n) is 6.10. The molecule has 2 aromatic rings. The molecule has 0 aromatic carbocycles. The van der Waals surface area contributed by atoms with Gasteiger partial charge in [0.25, 0.3) is 0 Å². The van der Waals surface area contributed by atoms with Crippen LogP contribution in [0, 0.1) is 12.8 Å². The Bertz CT molecular complexity index is 507. The number of hydrogen-bond acceptors (Lipinski definition) is 5. The van der Waals surface area contributed by atoms with E-state index in [0.29, 0.717) is 5.92 Å². The lowest BCUT2D eigenvalue weighted by molar-refractivity contribution is 0.554. The zero-order valence-electron chi connectivity index (χ0n) is 11.0. The quantitative estimate of drug-likeness (QED) is 0.900. The molecule has 0 unspecified atom stereocenters. The highest BCUT2D eigenvalue weighted by atomic mass is 32.1. The number of hydrogen-bond donors (Lipinski definition) is 1. The Labute approximate surface area is 112 Å². The average molecular weight is 262 g/mol. The van der Waals surface area contributed by atoms with Crippen LogP contribution in [0.5, 0.6) is 0 Å². The first kappa shape index (κ1) is 13.1. The molecule has 0 atom stereocenters. The van der Waals surface area contributed by atoms with Crippen molar-refractivity contribution < 1.29 is 0 Å². The molecule has 96 valence electrons. The summed E-state index contributed by atoms with van der Waals surface area (Å²) < 4.78 is 0. The molecule has 0 aliphatic rings. The van der Waals surface area contributed by atoms with E-state index in [1.165, 1.54) is 4.88 Å². The summed E-state index contributed by atoms with van der Waals surface area (Å²) in [5.41, 5.74) is 0.905. The second kappa shape index (κ2) is 6.02. The maximum absolute atomic E-state index is 4.41. The number of aryl methyl sites for hydroxylation is 1. The van der Waals surface area contributed by atoms with Crippen LogP contribution in [-0.2, 0) is 6.54 Å². The van der Waals surface area contributed by atoms with Gasteiger partial charge in [0, 0.05) is 23.8 Å². The van der Waals surface area contributed by atoms with Crippen molar-refractivity contribution in [3.63, 3.8) is 0 Å². The lowest BCUT2D eigenvalue weighted by Gasteiger charge is -2.04. The van der Waals surface area contributed by atoms with E-state index < -0.39 is 0 Å². The van der Waals surface area contributed by atoms with E-state index in [0.717, 1.165) is 29.6 Å². The van der Waals surface area contributed by atoms with Gasteiger partial charge in [0.1, 0.15) is 16.5 Å². The minimum atomic E-state index is 0.668. The molecule has 0 spiro atoms. The smallest absolute Gasteiger partial charge is 0.142 e. The maximum Gasteiger partial charge on any atom is 0.142 e. The van der Waals surface area contributed by atoms with Crippen LogP contribution in [0.1, 0.15) is 24.5 Å². The molecule has 0 amide bonds. The molecular weight excluding hydrogens is 244 g/mol. The minimum absolute atomic E-state index is 0.668. The van der Waals surface area contributed by atoms with Crippen molar-refractivity contribution >= 4 is 11.3 Å². The molecule has 2 aromatic heterocycles. The lowest BCUT2D eigenvalue weighted by atomic mass is 10.2. The Morgan fingerprint density at radius 2 is 2.17 bits per heavy atom. The third-order valence-corrected chi connectivity index (χ3v) is 3.42. The van der Waals surface area contributed by atoms with Crippen molar-refractivity contribution in [1.82, 2.24) is 20.3 Å². The van der Waals surface area contributed by atoms with Gasteiger partial charge in [0.05, 0.1) is 0 Å². The summed E-state index contributed by atoms with van der Waals surface area (Å²) >= 11 is 1.68. The molecule has 4 nitrogen and oxygen atoms in total. The van der Waals surface area contributed by atoms with Gasteiger partial charge in [-0.25, -0.2) is 15.0 Å². The molecular formula is C13H18N4S. The lowest BCUT2D eigenvalue weighted by Crippen LogP contribution is -2.18. The van der Waals surface area contributed by atoms with Gasteiger partial charge in [0.2, 0.25) is 0 Å². The fourth-order valence-electron chi connectivity index (χ4n) is 1.57. The van der Waals surface area contributed by atoms with Crippen molar-refractivity contribution in [1.29, 1.82) is 0 Å². The van der Waals surface area contributed by atoms with Crippen LogP contribution in [-0.4, -0.2) is 21.5 Å². The third kappa shape index (κ3) is 3.58. The molecule has 2 rings (SSSR count). The normalized spacial score (nSPS) is 11.1. The van der Waals surface area contributed by atoms with Crippen LogP contribution in [0.3, 0.4) is 0 Å². The summed E-state index contributed by atoms with van der Waals surface area (Å²) in [6, 6.07) is 1.90. The largest absolute Gasteiger partial charge is 0.312 e. The van der Waals surface area contributed by atoms with Crippen LogP contribution in [0.15, 0.2) is 18.5 Å². The highest BCUT2D eigenvalue weighted by molar-refractivity contribution is 7.14. The van der Waals surface area contributed by atoms with Crippen LogP contribution in [0.2, 0.25) is 0 Å². The van der Waals surface area contributed by atoms with Gasteiger partial charge in [-0.3, -0.25) is 0 Å². The maximum atomic E-state index is 4.41. The Morgan fingerprint density at radius 1 is 1.33 bits per heavy atom. The highest BCUT2D eigenvalue weighted by Crippen LogP contribution is 2.23. The van der Waals surface area contributed by atoms with Gasteiger partial charge in [-0.1, -0.05) is 13.8 Å². The number of nitrogens with zero attached hydrogens (tertiary/aromatic N) is 3. The van der Waals surface area contributed by atoms with Crippen molar-refractivity contribution in [2.45, 2.75) is 27.3 Å². The third-order valence-electron chi connectivity index (χ3n) is 2.40. The monoisotopic (exact) mass is 262 g/mol. The number of thiazole rings is 1. The van der Waals surface area contributed by atoms with E-state index in [1.54, 1.807) is 17.5 Å². The van der Waals surface area contributed by atoms with Crippen LogP contribution < -0.4 is 5.32 Å². The first-order valence-corrected chi connectivity index (χ1v) is 6.92. The summed E-state index contributed by atoms with van der Waals surface area (Å²) in [6.45, 7) is 8.20. The molecule has 0 fully saturated rings. The van der Waals surface area contributed by atoms with Crippen molar-refractivity contribution in [3.8, 4) is 10.7 Å². The predicted molar refractivity (Wildman–Crippen MR) is 74.4 cm³/mol. The topological polar surface area (TPSA) is 50.7 Å². The van der Waals surface area contributed by atoms with E-state index >= 15 is 0 Å². The Hall–Kier alpha value is -1.33. The Morgan fingerprint density at radius 3 is 2.89 bits per heavy atom. The van der Waals surface area contributed by atoms with Crippen molar-refractivity contribution in [2.24, 2.45) is 5.92 Å². The fourth-order valence-corrected chi connectivity index (χ4v) is 2.42. The summed E-state index contributed by atoms with van der Waals surface area (Å²) in [6.07, 6.45) is 3.69. The van der Waals surface area contributed by atoms with E-state index in [2.05, 4.69) is 34.1 Å². The number of rotatable bonds is 5. The Kier molecular flexibility index (Phi) is 4.38. The van der Waals surface area contributed by atoms with Crippen LogP contribution >= 0.6 is 11.3 Å². The SMILES string of the molecule is Cc1nccc(-c2ncc(CNCC(C)C)s2)n1. The predicted octanol–water partition coefficient (Wildman–Crippen LogP) is 2.65. The summed E-state index contributed by atoms with van der Waals surface area (Å²) in [5, 5.41) is 4.37. The van der Waals surface area contributed by atoms with E-state index in [4.69, 9.17) is 0 Å².